The van der Waals surface area contributed by atoms with Gasteiger partial charge in [0.25, 0.3) is 10.0 Å². The van der Waals surface area contributed by atoms with Gasteiger partial charge in [-0.25, -0.2) is 18.1 Å². The number of anilines is 1. The van der Waals surface area contributed by atoms with E-state index in [2.05, 4.69) is 14.8 Å². The monoisotopic (exact) mass is 328 g/mol. The van der Waals surface area contributed by atoms with Gasteiger partial charge < -0.3 is 0 Å². The number of pyridine rings is 1. The fourth-order valence-corrected chi connectivity index (χ4v) is 3.06. The predicted octanol–water partition coefficient (Wildman–Crippen LogP) is 2.68. The van der Waals surface area contributed by atoms with Crippen LogP contribution in [0.3, 0.4) is 0 Å². The van der Waals surface area contributed by atoms with Crippen LogP contribution in [0.4, 0.5) is 5.69 Å². The minimum Gasteiger partial charge on any atom is -0.280 e. The van der Waals surface area contributed by atoms with Crippen molar-refractivity contribution in [2.45, 2.75) is 18.7 Å². The summed E-state index contributed by atoms with van der Waals surface area (Å²) in [6.07, 6.45) is 4.36. The molecule has 0 bridgehead atoms. The van der Waals surface area contributed by atoms with Gasteiger partial charge in [0.2, 0.25) is 0 Å². The molecule has 1 aromatic carbocycles. The van der Waals surface area contributed by atoms with E-state index in [4.69, 9.17) is 0 Å². The molecule has 0 saturated heterocycles. The maximum atomic E-state index is 12.5. The van der Waals surface area contributed by atoms with Gasteiger partial charge in [0.05, 0.1) is 12.4 Å². The molecule has 0 unspecified atom stereocenters. The highest BCUT2D eigenvalue weighted by Crippen LogP contribution is 2.19. The molecule has 0 amide bonds. The van der Waals surface area contributed by atoms with E-state index >= 15 is 0 Å². The molecule has 3 aromatic rings. The molecule has 3 rings (SSSR count). The lowest BCUT2D eigenvalue weighted by Crippen LogP contribution is -2.12. The Kier molecular flexibility index (Phi) is 3.87. The van der Waals surface area contributed by atoms with E-state index in [0.717, 1.165) is 11.1 Å². The van der Waals surface area contributed by atoms with Crippen molar-refractivity contribution in [1.82, 2.24) is 14.8 Å². The van der Waals surface area contributed by atoms with Gasteiger partial charge in [-0.15, -0.1) is 0 Å². The van der Waals surface area contributed by atoms with Crippen molar-refractivity contribution in [3.63, 3.8) is 0 Å². The van der Waals surface area contributed by atoms with E-state index in [9.17, 15) is 8.42 Å². The Bertz CT molecular complexity index is 934. The second-order valence-electron chi connectivity index (χ2n) is 5.21. The first kappa shape index (κ1) is 15.2. The second-order valence-corrected chi connectivity index (χ2v) is 6.90. The van der Waals surface area contributed by atoms with Gasteiger partial charge in [-0.2, -0.15) is 5.10 Å². The fourth-order valence-electron chi connectivity index (χ4n) is 2.08. The van der Waals surface area contributed by atoms with Crippen LogP contribution in [0.15, 0.2) is 59.9 Å². The number of hydrogen-bond acceptors (Lipinski definition) is 4. The molecular weight excluding hydrogens is 312 g/mol. The lowest BCUT2D eigenvalue weighted by Gasteiger charge is -2.08. The minimum atomic E-state index is -3.69. The number of hydrogen-bond donors (Lipinski definition) is 1. The number of rotatable bonds is 4. The van der Waals surface area contributed by atoms with Gasteiger partial charge in [0, 0.05) is 11.9 Å². The third kappa shape index (κ3) is 3.24. The van der Waals surface area contributed by atoms with Crippen LogP contribution in [-0.4, -0.2) is 23.2 Å². The van der Waals surface area contributed by atoms with Crippen molar-refractivity contribution in [3.05, 3.63) is 66.1 Å². The van der Waals surface area contributed by atoms with Crippen LogP contribution in [0.25, 0.3) is 5.82 Å². The Labute approximate surface area is 134 Å². The number of aromatic nitrogens is 3. The van der Waals surface area contributed by atoms with Gasteiger partial charge in [-0.1, -0.05) is 12.1 Å². The zero-order chi connectivity index (χ0) is 16.4. The molecule has 0 aliphatic heterocycles. The Hall–Kier alpha value is -2.67. The Balaban J connectivity index is 1.88. The molecule has 0 atom stereocenters. The SMILES string of the molecule is Cc1ccc(NS(=O)(=O)c2cnn(-c3ccccn3)c2)cc1C. The predicted molar refractivity (Wildman–Crippen MR) is 88.1 cm³/mol. The van der Waals surface area contributed by atoms with Gasteiger partial charge in [0.1, 0.15) is 4.90 Å². The molecule has 6 nitrogen and oxygen atoms in total. The zero-order valence-corrected chi connectivity index (χ0v) is 13.6. The standard InChI is InChI=1S/C16H16N4O2S/c1-12-6-7-14(9-13(12)2)19-23(21,22)15-10-18-20(11-15)16-5-3-4-8-17-16/h3-11,19H,1-2H3. The van der Waals surface area contributed by atoms with E-state index in [1.807, 2.05) is 26.0 Å². The summed E-state index contributed by atoms with van der Waals surface area (Å²) in [4.78, 5) is 4.22. The molecule has 0 aliphatic rings. The van der Waals surface area contributed by atoms with E-state index in [1.165, 1.54) is 17.1 Å². The van der Waals surface area contributed by atoms with Crippen LogP contribution in [0, 0.1) is 13.8 Å². The second kappa shape index (κ2) is 5.85. The first-order valence-electron chi connectivity index (χ1n) is 7.02. The average molecular weight is 328 g/mol. The maximum Gasteiger partial charge on any atom is 0.265 e. The summed E-state index contributed by atoms with van der Waals surface area (Å²) in [5.74, 6) is 0.556. The van der Waals surface area contributed by atoms with E-state index in [0.29, 0.717) is 11.5 Å². The van der Waals surface area contributed by atoms with Crippen LogP contribution in [0.5, 0.6) is 0 Å². The molecule has 118 valence electrons. The summed E-state index contributed by atoms with van der Waals surface area (Å²) >= 11 is 0. The molecule has 0 aliphatic carbocycles. The fraction of sp³-hybridized carbons (Fsp3) is 0.125. The molecule has 7 heteroatoms. The molecule has 2 aromatic heterocycles. The Morgan fingerprint density at radius 1 is 1.09 bits per heavy atom. The van der Waals surface area contributed by atoms with Crippen LogP contribution in [-0.2, 0) is 10.0 Å². The molecule has 0 saturated carbocycles. The molecule has 2 heterocycles. The van der Waals surface area contributed by atoms with Crippen LogP contribution < -0.4 is 4.72 Å². The van der Waals surface area contributed by atoms with Crippen molar-refractivity contribution < 1.29 is 8.42 Å². The number of nitrogens with zero attached hydrogens (tertiary/aromatic N) is 3. The lowest BCUT2D eigenvalue weighted by molar-refractivity contribution is 0.601. The van der Waals surface area contributed by atoms with E-state index < -0.39 is 10.0 Å². The summed E-state index contributed by atoms with van der Waals surface area (Å²) in [7, 11) is -3.69. The van der Waals surface area contributed by atoms with Crippen LogP contribution in [0.1, 0.15) is 11.1 Å². The van der Waals surface area contributed by atoms with Crippen molar-refractivity contribution in [2.75, 3.05) is 4.72 Å². The lowest BCUT2D eigenvalue weighted by atomic mass is 10.1. The Morgan fingerprint density at radius 2 is 1.91 bits per heavy atom. The van der Waals surface area contributed by atoms with Crippen molar-refractivity contribution in [3.8, 4) is 5.82 Å². The minimum absolute atomic E-state index is 0.0846. The van der Waals surface area contributed by atoms with Crippen molar-refractivity contribution >= 4 is 15.7 Å². The number of nitrogens with one attached hydrogen (secondary N) is 1. The molecule has 23 heavy (non-hydrogen) atoms. The van der Waals surface area contributed by atoms with Gasteiger partial charge in [-0.3, -0.25) is 4.72 Å². The summed E-state index contributed by atoms with van der Waals surface area (Å²) in [6, 6.07) is 10.8. The van der Waals surface area contributed by atoms with Gasteiger partial charge in [-0.05, 0) is 49.2 Å². The maximum absolute atomic E-state index is 12.5. The zero-order valence-electron chi connectivity index (χ0n) is 12.8. The van der Waals surface area contributed by atoms with E-state index in [1.54, 1.807) is 30.5 Å². The summed E-state index contributed by atoms with van der Waals surface area (Å²) in [6.45, 7) is 3.91. The topological polar surface area (TPSA) is 76.9 Å². The van der Waals surface area contributed by atoms with Gasteiger partial charge in [0.15, 0.2) is 5.82 Å². The Morgan fingerprint density at radius 3 is 2.61 bits per heavy atom. The number of aryl methyl sites for hydroxylation is 2. The number of sulfonamides is 1. The smallest absolute Gasteiger partial charge is 0.265 e. The third-order valence-corrected chi connectivity index (χ3v) is 4.85. The first-order valence-corrected chi connectivity index (χ1v) is 8.50. The van der Waals surface area contributed by atoms with Gasteiger partial charge >= 0.3 is 0 Å². The highest BCUT2D eigenvalue weighted by molar-refractivity contribution is 7.92. The molecule has 0 spiro atoms. The average Bonchev–Trinajstić information content (AvgIpc) is 3.02. The van der Waals surface area contributed by atoms with Crippen LogP contribution in [0.2, 0.25) is 0 Å². The highest BCUT2D eigenvalue weighted by atomic mass is 32.2. The third-order valence-electron chi connectivity index (χ3n) is 3.51. The summed E-state index contributed by atoms with van der Waals surface area (Å²) < 4.78 is 28.9. The normalized spacial score (nSPS) is 11.4. The first-order chi connectivity index (χ1) is 11.0. The van der Waals surface area contributed by atoms with E-state index in [-0.39, 0.29) is 4.90 Å². The molecule has 1 N–H and O–H groups in total. The van der Waals surface area contributed by atoms with Crippen molar-refractivity contribution in [2.24, 2.45) is 0 Å². The van der Waals surface area contributed by atoms with Crippen LogP contribution >= 0.6 is 0 Å². The molecule has 0 fully saturated rings. The summed E-state index contributed by atoms with van der Waals surface area (Å²) in [5, 5.41) is 4.06. The molecular formula is C16H16N4O2S. The number of benzene rings is 1. The molecule has 0 radical (unpaired) electrons. The quantitative estimate of drug-likeness (QED) is 0.799. The largest absolute Gasteiger partial charge is 0.280 e. The summed E-state index contributed by atoms with van der Waals surface area (Å²) in [5.41, 5.74) is 2.66. The highest BCUT2D eigenvalue weighted by Gasteiger charge is 2.17. The van der Waals surface area contributed by atoms with Crippen molar-refractivity contribution in [1.29, 1.82) is 0 Å².